The van der Waals surface area contributed by atoms with Gasteiger partial charge in [-0.05, 0) is 36.2 Å². The summed E-state index contributed by atoms with van der Waals surface area (Å²) in [5.41, 5.74) is 1.30. The quantitative estimate of drug-likeness (QED) is 0.851. The number of halogens is 3. The van der Waals surface area contributed by atoms with E-state index >= 15 is 0 Å². The lowest BCUT2D eigenvalue weighted by molar-refractivity contribution is -0.138. The molecule has 5 heteroatoms. The zero-order valence-corrected chi connectivity index (χ0v) is 12.6. The van der Waals surface area contributed by atoms with Crippen molar-refractivity contribution in [3.8, 4) is 0 Å². The lowest BCUT2D eigenvalue weighted by atomic mass is 9.92. The molecule has 0 fully saturated rings. The number of hydrogen-bond donors (Lipinski definition) is 1. The molecule has 0 radical (unpaired) electrons. The normalized spacial score (nSPS) is 12.2. The maximum absolute atomic E-state index is 11.5. The molecule has 0 amide bonds. The van der Waals surface area contributed by atoms with E-state index in [0.717, 1.165) is 5.56 Å². The lowest BCUT2D eigenvalue weighted by Gasteiger charge is -2.16. The summed E-state index contributed by atoms with van der Waals surface area (Å²) in [5.74, 6) is -1.76. The Morgan fingerprint density at radius 2 is 1.55 bits per heavy atom. The highest BCUT2D eigenvalue weighted by atomic mass is 35.5. The Morgan fingerprint density at radius 1 is 1.00 bits per heavy atom. The van der Waals surface area contributed by atoms with Crippen molar-refractivity contribution in [1.29, 1.82) is 0 Å². The highest BCUT2D eigenvalue weighted by Crippen LogP contribution is 2.34. The molecule has 0 aliphatic rings. The molecule has 0 saturated heterocycles. The molecular formula is C15H11Cl3O2. The number of hydrogen-bond acceptors (Lipinski definition) is 1. The molecule has 0 heterocycles. The van der Waals surface area contributed by atoms with Gasteiger partial charge < -0.3 is 5.11 Å². The summed E-state index contributed by atoms with van der Waals surface area (Å²) in [6, 6.07) is 12.0. The molecule has 1 atom stereocenters. The molecule has 2 aromatic carbocycles. The zero-order valence-electron chi connectivity index (χ0n) is 10.3. The summed E-state index contributed by atoms with van der Waals surface area (Å²) in [7, 11) is 0. The average Bonchev–Trinajstić information content (AvgIpc) is 2.39. The predicted octanol–water partition coefficient (Wildman–Crippen LogP) is 5.06. The van der Waals surface area contributed by atoms with Crippen LogP contribution in [0.3, 0.4) is 0 Å². The number of rotatable bonds is 4. The summed E-state index contributed by atoms with van der Waals surface area (Å²) in [6.07, 6.45) is 0.302. The summed E-state index contributed by atoms with van der Waals surface area (Å²) < 4.78 is 0. The van der Waals surface area contributed by atoms with Gasteiger partial charge in [0.15, 0.2) is 0 Å². The third kappa shape index (κ3) is 3.45. The van der Waals surface area contributed by atoms with Crippen molar-refractivity contribution in [1.82, 2.24) is 0 Å². The monoisotopic (exact) mass is 328 g/mol. The van der Waals surface area contributed by atoms with Crippen molar-refractivity contribution in [2.45, 2.75) is 12.3 Å². The maximum atomic E-state index is 11.5. The molecule has 104 valence electrons. The molecule has 1 N–H and O–H groups in total. The van der Waals surface area contributed by atoms with Crippen molar-refractivity contribution in [2.24, 2.45) is 0 Å². The van der Waals surface area contributed by atoms with E-state index < -0.39 is 11.9 Å². The van der Waals surface area contributed by atoms with Gasteiger partial charge in [0.1, 0.15) is 0 Å². The first-order chi connectivity index (χ1) is 9.49. The molecule has 0 bridgehead atoms. The topological polar surface area (TPSA) is 37.3 Å². The number of aliphatic carboxylic acids is 1. The van der Waals surface area contributed by atoms with Gasteiger partial charge in [-0.15, -0.1) is 0 Å². The third-order valence-corrected chi connectivity index (χ3v) is 3.91. The van der Waals surface area contributed by atoms with Gasteiger partial charge >= 0.3 is 5.97 Å². The molecule has 0 aromatic heterocycles. The first-order valence-electron chi connectivity index (χ1n) is 5.90. The van der Waals surface area contributed by atoms with Gasteiger partial charge in [-0.1, -0.05) is 53.0 Å². The average molecular weight is 330 g/mol. The number of carboxylic acids is 1. The molecule has 2 aromatic rings. The summed E-state index contributed by atoms with van der Waals surface area (Å²) >= 11 is 18.0. The Morgan fingerprint density at radius 3 is 2.05 bits per heavy atom. The first-order valence-corrected chi connectivity index (χ1v) is 7.03. The molecule has 0 unspecified atom stereocenters. The Kier molecular flexibility index (Phi) is 4.92. The van der Waals surface area contributed by atoms with Crippen LogP contribution >= 0.6 is 34.8 Å². The summed E-state index contributed by atoms with van der Waals surface area (Å²) in [6.45, 7) is 0. The second-order valence-electron chi connectivity index (χ2n) is 4.36. The molecule has 2 nitrogen and oxygen atoms in total. The van der Waals surface area contributed by atoms with E-state index in [1.54, 1.807) is 42.5 Å². The van der Waals surface area contributed by atoms with Crippen LogP contribution in [0.25, 0.3) is 0 Å². The van der Waals surface area contributed by atoms with E-state index in [0.29, 0.717) is 27.1 Å². The second kappa shape index (κ2) is 6.49. The van der Waals surface area contributed by atoms with E-state index in [1.165, 1.54) is 0 Å². The fourth-order valence-corrected chi connectivity index (χ4v) is 2.80. The van der Waals surface area contributed by atoms with Gasteiger partial charge in [0.2, 0.25) is 0 Å². The summed E-state index contributed by atoms with van der Waals surface area (Å²) in [5, 5.41) is 10.8. The van der Waals surface area contributed by atoms with Crippen molar-refractivity contribution < 1.29 is 9.90 Å². The largest absolute Gasteiger partial charge is 0.481 e. The van der Waals surface area contributed by atoms with Crippen LogP contribution in [0.4, 0.5) is 0 Å². The highest BCUT2D eigenvalue weighted by Gasteiger charge is 2.25. The van der Waals surface area contributed by atoms with Crippen LogP contribution in [0, 0.1) is 0 Å². The predicted molar refractivity (Wildman–Crippen MR) is 82.0 cm³/mol. The Bertz CT molecular complexity index is 603. The van der Waals surface area contributed by atoms with Crippen LogP contribution in [0.5, 0.6) is 0 Å². The SMILES string of the molecule is O=C(O)[C@H](Cc1ccc(Cl)cc1)c1c(Cl)cccc1Cl. The zero-order chi connectivity index (χ0) is 14.7. The molecule has 20 heavy (non-hydrogen) atoms. The van der Waals surface area contributed by atoms with Crippen molar-refractivity contribution in [2.75, 3.05) is 0 Å². The molecule has 0 spiro atoms. The van der Waals surface area contributed by atoms with Crippen molar-refractivity contribution in [3.05, 3.63) is 68.7 Å². The van der Waals surface area contributed by atoms with Crippen LogP contribution in [0.2, 0.25) is 15.1 Å². The maximum Gasteiger partial charge on any atom is 0.311 e. The van der Waals surface area contributed by atoms with Gasteiger partial charge in [0.05, 0.1) is 5.92 Å². The van der Waals surface area contributed by atoms with Crippen LogP contribution in [0.15, 0.2) is 42.5 Å². The van der Waals surface area contributed by atoms with Crippen LogP contribution in [-0.4, -0.2) is 11.1 Å². The molecule has 2 rings (SSSR count). The van der Waals surface area contributed by atoms with Gasteiger partial charge in [-0.3, -0.25) is 4.79 Å². The molecule has 0 aliphatic carbocycles. The Balaban J connectivity index is 2.37. The molecular weight excluding hydrogens is 319 g/mol. The fraction of sp³-hybridized carbons (Fsp3) is 0.133. The number of carboxylic acid groups (broad SMARTS) is 1. The van der Waals surface area contributed by atoms with Crippen LogP contribution in [0.1, 0.15) is 17.0 Å². The van der Waals surface area contributed by atoms with E-state index in [1.807, 2.05) is 0 Å². The second-order valence-corrected chi connectivity index (χ2v) is 5.61. The fourth-order valence-electron chi connectivity index (χ4n) is 2.01. The third-order valence-electron chi connectivity index (χ3n) is 3.00. The first kappa shape index (κ1) is 15.2. The van der Waals surface area contributed by atoms with Gasteiger partial charge in [0, 0.05) is 20.6 Å². The van der Waals surface area contributed by atoms with Gasteiger partial charge in [-0.2, -0.15) is 0 Å². The molecule has 0 aliphatic heterocycles. The Hall–Kier alpha value is -1.22. The van der Waals surface area contributed by atoms with E-state index in [4.69, 9.17) is 34.8 Å². The van der Waals surface area contributed by atoms with E-state index in [-0.39, 0.29) is 0 Å². The highest BCUT2D eigenvalue weighted by molar-refractivity contribution is 6.36. The van der Waals surface area contributed by atoms with Gasteiger partial charge in [0.25, 0.3) is 0 Å². The van der Waals surface area contributed by atoms with Crippen molar-refractivity contribution >= 4 is 40.8 Å². The smallest absolute Gasteiger partial charge is 0.311 e. The van der Waals surface area contributed by atoms with Crippen LogP contribution in [-0.2, 0) is 11.2 Å². The van der Waals surface area contributed by atoms with E-state index in [2.05, 4.69) is 0 Å². The van der Waals surface area contributed by atoms with Crippen LogP contribution < -0.4 is 0 Å². The summed E-state index contributed by atoms with van der Waals surface area (Å²) in [4.78, 5) is 11.5. The minimum absolute atomic E-state index is 0.302. The Labute approximate surface area is 131 Å². The number of carbonyl (C=O) groups is 1. The van der Waals surface area contributed by atoms with E-state index in [9.17, 15) is 9.90 Å². The minimum Gasteiger partial charge on any atom is -0.481 e. The lowest BCUT2D eigenvalue weighted by Crippen LogP contribution is -2.15. The van der Waals surface area contributed by atoms with Crippen molar-refractivity contribution in [3.63, 3.8) is 0 Å². The standard InChI is InChI=1S/C15H11Cl3O2/c16-10-6-4-9(5-7-10)8-11(15(19)20)14-12(17)2-1-3-13(14)18/h1-7,11H,8H2,(H,19,20)/t11-/m1/s1. The minimum atomic E-state index is -0.963. The van der Waals surface area contributed by atoms with Gasteiger partial charge in [-0.25, -0.2) is 0 Å². The molecule has 0 saturated carbocycles. The number of benzene rings is 2.